The fourth-order valence-electron chi connectivity index (χ4n) is 1.94. The van der Waals surface area contributed by atoms with Crippen LogP contribution in [0, 0.1) is 6.92 Å². The number of hydrogen-bond acceptors (Lipinski definition) is 0. The molecule has 0 amide bonds. The highest BCUT2D eigenvalue weighted by molar-refractivity contribution is 6.24. The minimum absolute atomic E-state index is 0.721. The number of benzene rings is 1. The Bertz CT molecular complexity index is 571. The first-order valence-corrected chi connectivity index (χ1v) is 7.03. The molecule has 0 nitrogen and oxygen atoms in total. The van der Waals surface area contributed by atoms with Gasteiger partial charge in [-0.25, -0.2) is 0 Å². The normalized spacial score (nSPS) is 14.0. The first kappa shape index (κ1) is 16.3. The van der Waals surface area contributed by atoms with E-state index in [1.807, 2.05) is 6.92 Å². The predicted octanol–water partition coefficient (Wildman–Crippen LogP) is 5.36. The van der Waals surface area contributed by atoms with Crippen LogP contribution in [0.4, 0.5) is 0 Å². The molecule has 0 aromatic heterocycles. The van der Waals surface area contributed by atoms with Gasteiger partial charge in [0.25, 0.3) is 0 Å². The highest BCUT2D eigenvalue weighted by atomic mass is 14.1. The number of rotatable bonds is 5. The molecule has 0 aliphatic rings. The Morgan fingerprint density at radius 2 is 1.85 bits per heavy atom. The molecule has 1 heteroatoms. The molecule has 0 fully saturated rings. The van der Waals surface area contributed by atoms with Crippen molar-refractivity contribution in [1.29, 1.82) is 0 Å². The first-order chi connectivity index (χ1) is 9.49. The SMILES string of the molecule is [B]\C(C=C)=C(C)/C=C(\C=C(\C)CC)c1ccccc1C. The Labute approximate surface area is 125 Å². The van der Waals surface area contributed by atoms with Crippen molar-refractivity contribution in [2.24, 2.45) is 0 Å². The van der Waals surface area contributed by atoms with Crippen LogP contribution in [-0.4, -0.2) is 7.85 Å². The van der Waals surface area contributed by atoms with E-state index >= 15 is 0 Å². The van der Waals surface area contributed by atoms with Gasteiger partial charge in [0.05, 0.1) is 0 Å². The van der Waals surface area contributed by atoms with E-state index in [1.165, 1.54) is 22.3 Å². The van der Waals surface area contributed by atoms with Crippen molar-refractivity contribution in [3.05, 3.63) is 76.8 Å². The molecule has 0 aliphatic heterocycles. The standard InChI is InChI=1S/C19H23B/c1-6-14(3)12-17(13-16(5)19(20)7-2)18-11-9-8-10-15(18)4/h7-13H,2,6H2,1,3-5H3/b14-12-,17-13+,19-16-. The minimum Gasteiger partial charge on any atom is -0.0996 e. The van der Waals surface area contributed by atoms with Crippen LogP contribution in [0.2, 0.25) is 0 Å². The van der Waals surface area contributed by atoms with Crippen LogP contribution < -0.4 is 0 Å². The zero-order valence-electron chi connectivity index (χ0n) is 13.0. The first-order valence-electron chi connectivity index (χ1n) is 7.03. The molecule has 0 spiro atoms. The van der Waals surface area contributed by atoms with E-state index < -0.39 is 0 Å². The molecule has 1 aromatic carbocycles. The highest BCUT2D eigenvalue weighted by Crippen LogP contribution is 2.24. The molecule has 102 valence electrons. The van der Waals surface area contributed by atoms with E-state index in [-0.39, 0.29) is 0 Å². The smallest absolute Gasteiger partial charge is 0.0996 e. The minimum atomic E-state index is 0.721. The van der Waals surface area contributed by atoms with E-state index in [2.05, 4.69) is 63.8 Å². The zero-order valence-corrected chi connectivity index (χ0v) is 13.0. The van der Waals surface area contributed by atoms with Gasteiger partial charge in [0, 0.05) is 0 Å². The van der Waals surface area contributed by atoms with Gasteiger partial charge in [-0.15, -0.1) is 0 Å². The summed E-state index contributed by atoms with van der Waals surface area (Å²) < 4.78 is 0. The zero-order chi connectivity index (χ0) is 15.1. The maximum atomic E-state index is 5.94. The predicted molar refractivity (Wildman–Crippen MR) is 91.9 cm³/mol. The van der Waals surface area contributed by atoms with E-state index in [4.69, 9.17) is 7.85 Å². The Morgan fingerprint density at radius 3 is 2.40 bits per heavy atom. The Balaban J connectivity index is 3.42. The lowest BCUT2D eigenvalue weighted by molar-refractivity contribution is 1.10. The second-order valence-electron chi connectivity index (χ2n) is 5.10. The number of hydrogen-bond donors (Lipinski definition) is 0. The average molecular weight is 262 g/mol. The molecule has 0 saturated carbocycles. The van der Waals surface area contributed by atoms with E-state index in [9.17, 15) is 0 Å². The summed E-state index contributed by atoms with van der Waals surface area (Å²) in [4.78, 5) is 0. The molecule has 0 N–H and O–H groups in total. The van der Waals surface area contributed by atoms with Gasteiger partial charge >= 0.3 is 0 Å². The van der Waals surface area contributed by atoms with Crippen molar-refractivity contribution < 1.29 is 0 Å². The fraction of sp³-hybridized carbons (Fsp3) is 0.263. The third kappa shape index (κ3) is 4.41. The number of aryl methyl sites for hydroxylation is 1. The second-order valence-corrected chi connectivity index (χ2v) is 5.10. The van der Waals surface area contributed by atoms with Crippen molar-refractivity contribution in [2.75, 3.05) is 0 Å². The summed E-state index contributed by atoms with van der Waals surface area (Å²) in [5.41, 5.74) is 6.83. The van der Waals surface area contributed by atoms with Crippen molar-refractivity contribution in [3.8, 4) is 0 Å². The summed E-state index contributed by atoms with van der Waals surface area (Å²) in [6.07, 6.45) is 7.11. The lowest BCUT2D eigenvalue weighted by Crippen LogP contribution is -1.90. The van der Waals surface area contributed by atoms with Gasteiger partial charge in [0.15, 0.2) is 0 Å². The third-order valence-corrected chi connectivity index (χ3v) is 3.46. The van der Waals surface area contributed by atoms with E-state index in [0.29, 0.717) is 0 Å². The highest BCUT2D eigenvalue weighted by Gasteiger charge is 2.03. The number of allylic oxidation sites excluding steroid dienone is 7. The van der Waals surface area contributed by atoms with Crippen LogP contribution in [0.25, 0.3) is 5.57 Å². The van der Waals surface area contributed by atoms with Crippen LogP contribution in [0.3, 0.4) is 0 Å². The van der Waals surface area contributed by atoms with Gasteiger partial charge < -0.3 is 0 Å². The van der Waals surface area contributed by atoms with Crippen molar-refractivity contribution >= 4 is 13.4 Å². The van der Waals surface area contributed by atoms with E-state index in [0.717, 1.165) is 17.5 Å². The van der Waals surface area contributed by atoms with Crippen molar-refractivity contribution in [1.82, 2.24) is 0 Å². The maximum absolute atomic E-state index is 5.94. The van der Waals surface area contributed by atoms with Gasteiger partial charge in [-0.1, -0.05) is 72.6 Å². The third-order valence-electron chi connectivity index (χ3n) is 3.46. The Kier molecular flexibility index (Phi) is 6.31. The summed E-state index contributed by atoms with van der Waals surface area (Å²) in [6, 6.07) is 8.42. The monoisotopic (exact) mass is 262 g/mol. The summed E-state index contributed by atoms with van der Waals surface area (Å²) in [6.45, 7) is 12.2. The lowest BCUT2D eigenvalue weighted by Gasteiger charge is -2.10. The second kappa shape index (κ2) is 7.74. The molecule has 0 atom stereocenters. The summed E-state index contributed by atoms with van der Waals surface area (Å²) in [5, 5.41) is 0. The molecule has 0 saturated heterocycles. The van der Waals surface area contributed by atoms with Crippen LogP contribution in [-0.2, 0) is 0 Å². The topological polar surface area (TPSA) is 0 Å². The van der Waals surface area contributed by atoms with Crippen LogP contribution in [0.15, 0.2) is 65.7 Å². The van der Waals surface area contributed by atoms with Crippen molar-refractivity contribution in [2.45, 2.75) is 34.1 Å². The Hall–Kier alpha value is -1.76. The van der Waals surface area contributed by atoms with Crippen LogP contribution in [0.5, 0.6) is 0 Å². The van der Waals surface area contributed by atoms with Crippen LogP contribution >= 0.6 is 0 Å². The van der Waals surface area contributed by atoms with Gasteiger partial charge in [0.1, 0.15) is 7.85 Å². The van der Waals surface area contributed by atoms with Gasteiger partial charge in [-0.3, -0.25) is 0 Å². The fourth-order valence-corrected chi connectivity index (χ4v) is 1.94. The molecule has 0 aliphatic carbocycles. The summed E-state index contributed by atoms with van der Waals surface area (Å²) in [5.74, 6) is 0. The Morgan fingerprint density at radius 1 is 1.20 bits per heavy atom. The molecule has 20 heavy (non-hydrogen) atoms. The quantitative estimate of drug-likeness (QED) is 0.494. The van der Waals surface area contributed by atoms with Crippen molar-refractivity contribution in [3.63, 3.8) is 0 Å². The molecule has 1 aromatic rings. The van der Waals surface area contributed by atoms with Gasteiger partial charge in [0.2, 0.25) is 0 Å². The largest absolute Gasteiger partial charge is 0.114 e. The van der Waals surface area contributed by atoms with Gasteiger partial charge in [-0.05, 0) is 43.9 Å². The molecule has 0 bridgehead atoms. The molecule has 0 heterocycles. The molecular formula is C19H23B. The lowest BCUT2D eigenvalue weighted by atomic mass is 9.88. The van der Waals surface area contributed by atoms with E-state index in [1.54, 1.807) is 6.08 Å². The summed E-state index contributed by atoms with van der Waals surface area (Å²) >= 11 is 0. The molecular weight excluding hydrogens is 239 g/mol. The molecule has 0 unspecified atom stereocenters. The summed E-state index contributed by atoms with van der Waals surface area (Å²) in [7, 11) is 5.94. The molecule has 1 rings (SSSR count). The van der Waals surface area contributed by atoms with Crippen LogP contribution in [0.1, 0.15) is 38.3 Å². The average Bonchev–Trinajstić information content (AvgIpc) is 2.45. The van der Waals surface area contributed by atoms with Gasteiger partial charge in [-0.2, -0.15) is 0 Å². The maximum Gasteiger partial charge on any atom is 0.114 e. The molecule has 2 radical (unpaired) electrons.